The number of aromatic amines is 2. The van der Waals surface area contributed by atoms with E-state index in [1.54, 1.807) is 30.3 Å². The van der Waals surface area contributed by atoms with Gasteiger partial charge in [-0.05, 0) is 54.7 Å². The van der Waals surface area contributed by atoms with Gasteiger partial charge < -0.3 is 10.3 Å². The second-order valence-electron chi connectivity index (χ2n) is 11.7. The van der Waals surface area contributed by atoms with E-state index in [9.17, 15) is 17.6 Å². The first-order valence-corrected chi connectivity index (χ1v) is 16.9. The summed E-state index contributed by atoms with van der Waals surface area (Å²) < 4.78 is 54.3. The summed E-state index contributed by atoms with van der Waals surface area (Å²) in [4.78, 5) is 29.2. The van der Waals surface area contributed by atoms with Crippen molar-refractivity contribution in [3.05, 3.63) is 78.3 Å². The number of benzene rings is 2. The zero-order valence-electron chi connectivity index (χ0n) is 24.8. The minimum atomic E-state index is -3.23. The van der Waals surface area contributed by atoms with Crippen LogP contribution in [0.4, 0.5) is 14.5 Å². The second-order valence-corrected chi connectivity index (χ2v) is 14.0. The molecule has 0 saturated heterocycles. The van der Waals surface area contributed by atoms with Gasteiger partial charge in [-0.2, -0.15) is 5.10 Å². The first-order chi connectivity index (χ1) is 22.1. The Kier molecular flexibility index (Phi) is 7.55. The van der Waals surface area contributed by atoms with Gasteiger partial charge in [0.15, 0.2) is 11.6 Å². The largest absolute Gasteiger partial charge is 0.337 e. The van der Waals surface area contributed by atoms with Crippen molar-refractivity contribution in [2.24, 2.45) is 5.92 Å². The number of amides is 1. The van der Waals surface area contributed by atoms with Crippen molar-refractivity contribution in [3.8, 4) is 33.9 Å². The SMILES string of the molecule is CS(=O)(=O)CCc1cc(F)cc(-c2cccc3[nH]c(-c4n[nH]c5cnc(-c6cncc(NC(=O)C7CCCC7)c6)c(F)c45)nc23)c1. The second kappa shape index (κ2) is 11.7. The topological polar surface area (TPSA) is 146 Å². The lowest BCUT2D eigenvalue weighted by Gasteiger charge is -2.11. The molecule has 2 aromatic carbocycles. The molecule has 0 unspecified atom stereocenters. The highest BCUT2D eigenvalue weighted by molar-refractivity contribution is 7.90. The number of halogens is 2. The lowest BCUT2D eigenvalue weighted by molar-refractivity contribution is -0.119. The first kappa shape index (κ1) is 29.7. The number of anilines is 1. The molecule has 0 spiro atoms. The van der Waals surface area contributed by atoms with E-state index < -0.39 is 21.5 Å². The standard InChI is InChI=1S/C33H29F2N7O3S/c1-46(44,45)10-9-18-11-20(13-22(34)12-18)24-7-4-8-25-30(24)40-32(39-25)31-27-26(41-42-31)17-37-29(28(27)35)21-14-23(16-36-15-21)38-33(43)19-5-2-3-6-19/h4,7-8,11-17,19H,2-3,5-6,9-10H2,1H3,(H,38,43)(H,39,40)(H,41,42). The molecule has 4 heterocycles. The van der Waals surface area contributed by atoms with Crippen molar-refractivity contribution in [3.63, 3.8) is 0 Å². The van der Waals surface area contributed by atoms with Crippen LogP contribution in [0.1, 0.15) is 31.2 Å². The average Bonchev–Trinajstić information content (AvgIpc) is 3.80. The lowest BCUT2D eigenvalue weighted by Crippen LogP contribution is -2.20. The van der Waals surface area contributed by atoms with E-state index in [0.29, 0.717) is 44.5 Å². The zero-order valence-corrected chi connectivity index (χ0v) is 25.6. The van der Waals surface area contributed by atoms with Crippen molar-refractivity contribution < 1.29 is 22.0 Å². The summed E-state index contributed by atoms with van der Waals surface area (Å²) in [7, 11) is -3.23. The molecule has 3 N–H and O–H groups in total. The van der Waals surface area contributed by atoms with Crippen molar-refractivity contribution in [2.45, 2.75) is 32.1 Å². The predicted molar refractivity (Wildman–Crippen MR) is 172 cm³/mol. The van der Waals surface area contributed by atoms with E-state index in [1.165, 1.54) is 30.7 Å². The van der Waals surface area contributed by atoms with E-state index in [1.807, 2.05) is 0 Å². The monoisotopic (exact) mass is 641 g/mol. The van der Waals surface area contributed by atoms with Gasteiger partial charge in [-0.3, -0.25) is 19.9 Å². The van der Waals surface area contributed by atoms with Crippen LogP contribution in [-0.2, 0) is 21.1 Å². The molecule has 1 aliphatic rings. The highest BCUT2D eigenvalue weighted by Crippen LogP contribution is 2.35. The van der Waals surface area contributed by atoms with Gasteiger partial charge in [0.25, 0.3) is 0 Å². The van der Waals surface area contributed by atoms with Crippen molar-refractivity contribution in [1.29, 1.82) is 0 Å². The number of pyridine rings is 2. The molecule has 1 aliphatic carbocycles. The van der Waals surface area contributed by atoms with Crippen molar-refractivity contribution >= 4 is 43.4 Å². The number of aromatic nitrogens is 6. The number of rotatable bonds is 8. The summed E-state index contributed by atoms with van der Waals surface area (Å²) in [6, 6.07) is 11.5. The molecule has 1 amide bonds. The maximum atomic E-state index is 16.3. The summed E-state index contributed by atoms with van der Waals surface area (Å²) in [5.41, 5.74) is 4.30. The van der Waals surface area contributed by atoms with Crippen LogP contribution in [0.3, 0.4) is 0 Å². The number of carbonyl (C=O) groups is 1. The van der Waals surface area contributed by atoms with Crippen LogP contribution < -0.4 is 5.32 Å². The number of nitrogens with zero attached hydrogens (tertiary/aromatic N) is 4. The Balaban J connectivity index is 1.25. The fourth-order valence-electron chi connectivity index (χ4n) is 6.05. The summed E-state index contributed by atoms with van der Waals surface area (Å²) in [5.74, 6) is -1.04. The Hall–Kier alpha value is -5.04. The van der Waals surface area contributed by atoms with E-state index in [2.05, 4.69) is 30.5 Å². The predicted octanol–water partition coefficient (Wildman–Crippen LogP) is 6.22. The van der Waals surface area contributed by atoms with E-state index >= 15 is 4.39 Å². The minimum Gasteiger partial charge on any atom is -0.337 e. The van der Waals surface area contributed by atoms with Gasteiger partial charge in [0.1, 0.15) is 27.0 Å². The molecule has 10 nitrogen and oxygen atoms in total. The molecule has 1 fully saturated rings. The van der Waals surface area contributed by atoms with Gasteiger partial charge in [0, 0.05) is 29.5 Å². The van der Waals surface area contributed by atoms with Crippen LogP contribution in [0.5, 0.6) is 0 Å². The van der Waals surface area contributed by atoms with E-state index in [0.717, 1.165) is 31.9 Å². The van der Waals surface area contributed by atoms with Crippen LogP contribution >= 0.6 is 0 Å². The molecule has 0 aliphatic heterocycles. The third-order valence-electron chi connectivity index (χ3n) is 8.32. The molecule has 0 bridgehead atoms. The molecule has 6 aromatic rings. The van der Waals surface area contributed by atoms with Crippen LogP contribution in [-0.4, -0.2) is 56.5 Å². The number of aryl methyl sites for hydroxylation is 1. The zero-order chi connectivity index (χ0) is 32.0. The molecule has 1 saturated carbocycles. The first-order valence-electron chi connectivity index (χ1n) is 14.9. The number of sulfone groups is 1. The van der Waals surface area contributed by atoms with Crippen LogP contribution in [0, 0.1) is 17.6 Å². The van der Waals surface area contributed by atoms with Crippen molar-refractivity contribution in [2.75, 3.05) is 17.3 Å². The fraction of sp³-hybridized carbons (Fsp3) is 0.242. The number of hydrogen-bond acceptors (Lipinski definition) is 7. The summed E-state index contributed by atoms with van der Waals surface area (Å²) in [5, 5.41) is 10.2. The Morgan fingerprint density at radius 3 is 2.63 bits per heavy atom. The lowest BCUT2D eigenvalue weighted by atomic mass is 10.0. The number of fused-ring (bicyclic) bond motifs is 2. The van der Waals surface area contributed by atoms with Gasteiger partial charge in [-0.1, -0.05) is 31.0 Å². The molecule has 13 heteroatoms. The number of nitrogens with one attached hydrogen (secondary N) is 3. The van der Waals surface area contributed by atoms with Crippen LogP contribution in [0.25, 0.3) is 55.8 Å². The molecule has 0 radical (unpaired) electrons. The molecule has 234 valence electrons. The summed E-state index contributed by atoms with van der Waals surface area (Å²) in [6.07, 6.45) is 9.58. The number of H-pyrrole nitrogens is 2. The molecular weight excluding hydrogens is 612 g/mol. The maximum absolute atomic E-state index is 16.3. The third kappa shape index (κ3) is 5.85. The Morgan fingerprint density at radius 1 is 1.00 bits per heavy atom. The molecule has 46 heavy (non-hydrogen) atoms. The highest BCUT2D eigenvalue weighted by atomic mass is 32.2. The number of hydrogen-bond donors (Lipinski definition) is 3. The number of imidazole rings is 1. The average molecular weight is 642 g/mol. The molecule has 0 atom stereocenters. The summed E-state index contributed by atoms with van der Waals surface area (Å²) in [6.45, 7) is 0. The molecule has 4 aromatic heterocycles. The Labute approximate surface area is 262 Å². The van der Waals surface area contributed by atoms with Gasteiger partial charge in [0.05, 0.1) is 45.8 Å². The van der Waals surface area contributed by atoms with Gasteiger partial charge in [-0.25, -0.2) is 22.2 Å². The Morgan fingerprint density at radius 2 is 1.83 bits per heavy atom. The van der Waals surface area contributed by atoms with Gasteiger partial charge >= 0.3 is 0 Å². The smallest absolute Gasteiger partial charge is 0.227 e. The van der Waals surface area contributed by atoms with Crippen molar-refractivity contribution in [1.82, 2.24) is 30.1 Å². The highest BCUT2D eigenvalue weighted by Gasteiger charge is 2.24. The third-order valence-corrected chi connectivity index (χ3v) is 9.26. The molecular formula is C33H29F2N7O3S. The van der Waals surface area contributed by atoms with Gasteiger partial charge in [0.2, 0.25) is 5.91 Å². The minimum absolute atomic E-state index is 0.0319. The van der Waals surface area contributed by atoms with Crippen LogP contribution in [0.15, 0.2) is 61.1 Å². The number of para-hydroxylation sites is 1. The van der Waals surface area contributed by atoms with E-state index in [4.69, 9.17) is 4.98 Å². The van der Waals surface area contributed by atoms with E-state index in [-0.39, 0.29) is 46.6 Å². The molecule has 7 rings (SSSR count). The summed E-state index contributed by atoms with van der Waals surface area (Å²) >= 11 is 0. The van der Waals surface area contributed by atoms with Gasteiger partial charge in [-0.15, -0.1) is 0 Å². The fourth-order valence-corrected chi connectivity index (χ4v) is 6.66. The number of carbonyl (C=O) groups excluding carboxylic acids is 1. The quantitative estimate of drug-likeness (QED) is 0.179. The maximum Gasteiger partial charge on any atom is 0.227 e. The normalized spacial score (nSPS) is 14.0. The van der Waals surface area contributed by atoms with Crippen LogP contribution in [0.2, 0.25) is 0 Å². The Bertz CT molecular complexity index is 2240.